The van der Waals surface area contributed by atoms with E-state index in [1.165, 1.54) is 0 Å². The number of rotatable bonds is 11. The Morgan fingerprint density at radius 3 is 2.77 bits per heavy atom. The van der Waals surface area contributed by atoms with Gasteiger partial charge < -0.3 is 34.1 Å². The van der Waals surface area contributed by atoms with E-state index in [0.29, 0.717) is 70.4 Å². The molecule has 0 spiro atoms. The first-order valence-corrected chi connectivity index (χ1v) is 13.7. The maximum absolute atomic E-state index is 12.4. The molecule has 2 N–H and O–H groups in total. The van der Waals surface area contributed by atoms with Crippen LogP contribution in [-0.4, -0.2) is 83.3 Å². The molecule has 1 fully saturated rings. The number of benzene rings is 1. The lowest BCUT2D eigenvalue weighted by atomic mass is 10.1. The van der Waals surface area contributed by atoms with Crippen molar-refractivity contribution in [2.24, 2.45) is 0 Å². The molecule has 1 saturated heterocycles. The van der Waals surface area contributed by atoms with Crippen LogP contribution in [0.4, 0.5) is 4.79 Å². The lowest BCUT2D eigenvalue weighted by molar-refractivity contribution is 0.0910. The molecule has 1 aromatic carbocycles. The largest absolute Gasteiger partial charge is 0.491 e. The Balaban J connectivity index is 1.70. The number of aromatic nitrogens is 3. The van der Waals surface area contributed by atoms with Gasteiger partial charge in [-0.05, 0) is 65.8 Å². The molecule has 1 aliphatic heterocycles. The number of carbonyl (C=O) groups is 1. The molecule has 3 heterocycles. The van der Waals surface area contributed by atoms with Crippen molar-refractivity contribution in [3.63, 3.8) is 0 Å². The summed E-state index contributed by atoms with van der Waals surface area (Å²) in [5.41, 5.74) is 3.28. The van der Waals surface area contributed by atoms with Crippen molar-refractivity contribution in [2.45, 2.75) is 52.7 Å². The molecule has 3 aromatic rings. The summed E-state index contributed by atoms with van der Waals surface area (Å²) in [5.74, 6) is 1.82. The summed E-state index contributed by atoms with van der Waals surface area (Å²) in [6.45, 7) is 9.03. The molecule has 0 radical (unpaired) electrons. The highest BCUT2D eigenvalue weighted by Gasteiger charge is 2.31. The number of halogens is 1. The molecular weight excluding hydrogens is 538 g/mol. The number of ether oxygens (including phenoxy) is 3. The molecular formula is C28H36ClN5O6. The van der Waals surface area contributed by atoms with E-state index in [1.807, 2.05) is 20.8 Å². The predicted molar refractivity (Wildman–Crippen MR) is 150 cm³/mol. The van der Waals surface area contributed by atoms with E-state index in [1.54, 1.807) is 37.1 Å². The van der Waals surface area contributed by atoms with E-state index in [-0.39, 0.29) is 25.3 Å². The number of aliphatic hydroxyl groups is 1. The van der Waals surface area contributed by atoms with Crippen LogP contribution in [0, 0.1) is 20.8 Å². The quantitative estimate of drug-likeness (QED) is 0.341. The molecule has 1 amide bonds. The highest BCUT2D eigenvalue weighted by atomic mass is 35.5. The molecule has 4 rings (SSSR count). The number of likely N-dealkylation sites (tertiary alicyclic amines) is 1. The average molecular weight is 574 g/mol. The van der Waals surface area contributed by atoms with Crippen LogP contribution < -0.4 is 14.8 Å². The first-order valence-electron chi connectivity index (χ1n) is 13.4. The zero-order valence-corrected chi connectivity index (χ0v) is 24.2. The van der Waals surface area contributed by atoms with E-state index in [9.17, 15) is 9.90 Å². The standard InChI is InChI=1S/C28H36ClN5O6/c1-6-37-28(36)34-11-7-8-19(34)14-39-27-16(2)25(24-17(3)33-40-18(24)4)31-26(32-27)22-12-21(9-10-23(22)29)38-15-20(35)13-30-5/h9-10,12,19-20,30,35H,6-8,11,13-15H2,1-5H3. The second-order valence-electron chi connectivity index (χ2n) is 9.69. The van der Waals surface area contributed by atoms with Crippen LogP contribution in [0.15, 0.2) is 22.7 Å². The van der Waals surface area contributed by atoms with Gasteiger partial charge in [-0.2, -0.15) is 4.98 Å². The van der Waals surface area contributed by atoms with E-state index in [4.69, 9.17) is 40.3 Å². The van der Waals surface area contributed by atoms with Crippen molar-refractivity contribution in [1.82, 2.24) is 25.3 Å². The third-order valence-electron chi connectivity index (χ3n) is 6.72. The van der Waals surface area contributed by atoms with E-state index < -0.39 is 6.10 Å². The maximum Gasteiger partial charge on any atom is 0.410 e. The molecule has 0 aliphatic carbocycles. The number of likely N-dealkylation sites (N-methyl/N-ethyl adjacent to an activating group) is 1. The van der Waals surface area contributed by atoms with E-state index >= 15 is 0 Å². The Morgan fingerprint density at radius 2 is 2.08 bits per heavy atom. The van der Waals surface area contributed by atoms with Gasteiger partial charge in [0, 0.05) is 24.2 Å². The summed E-state index contributed by atoms with van der Waals surface area (Å²) < 4.78 is 22.7. The third kappa shape index (κ3) is 6.65. The fourth-order valence-corrected chi connectivity index (χ4v) is 4.91. The van der Waals surface area contributed by atoms with Crippen LogP contribution in [-0.2, 0) is 4.74 Å². The molecule has 1 aliphatic rings. The minimum Gasteiger partial charge on any atom is -0.491 e. The van der Waals surface area contributed by atoms with Crippen LogP contribution in [0.25, 0.3) is 22.6 Å². The zero-order valence-electron chi connectivity index (χ0n) is 23.5. The minimum absolute atomic E-state index is 0.105. The fourth-order valence-electron chi connectivity index (χ4n) is 4.70. The number of hydrogen-bond acceptors (Lipinski definition) is 10. The summed E-state index contributed by atoms with van der Waals surface area (Å²) in [6, 6.07) is 5.03. The van der Waals surface area contributed by atoms with Crippen molar-refractivity contribution in [3.05, 3.63) is 40.2 Å². The first kappa shape index (κ1) is 29.6. The molecule has 216 valence electrons. The predicted octanol–water partition coefficient (Wildman–Crippen LogP) is 4.34. The number of nitrogens with zero attached hydrogens (tertiary/aromatic N) is 4. The molecule has 2 unspecified atom stereocenters. The topological polar surface area (TPSA) is 132 Å². The van der Waals surface area contributed by atoms with Crippen LogP contribution in [0.1, 0.15) is 36.8 Å². The van der Waals surface area contributed by atoms with Gasteiger partial charge in [-0.1, -0.05) is 16.8 Å². The molecule has 0 bridgehead atoms. The molecule has 2 atom stereocenters. The number of aryl methyl sites for hydroxylation is 2. The SMILES string of the molecule is CCOC(=O)N1CCCC1COc1nc(-c2cc(OCC(O)CNC)ccc2Cl)nc(-c2c(C)noc2C)c1C. The van der Waals surface area contributed by atoms with Gasteiger partial charge in [0.15, 0.2) is 5.82 Å². The van der Waals surface area contributed by atoms with Crippen LogP contribution in [0.5, 0.6) is 11.6 Å². The zero-order chi connectivity index (χ0) is 28.8. The van der Waals surface area contributed by atoms with Crippen LogP contribution >= 0.6 is 11.6 Å². The second-order valence-corrected chi connectivity index (χ2v) is 10.1. The summed E-state index contributed by atoms with van der Waals surface area (Å²) in [4.78, 5) is 23.7. The van der Waals surface area contributed by atoms with Crippen molar-refractivity contribution in [2.75, 3.05) is 40.0 Å². The van der Waals surface area contributed by atoms with Crippen molar-refractivity contribution >= 4 is 17.7 Å². The highest BCUT2D eigenvalue weighted by molar-refractivity contribution is 6.33. The van der Waals surface area contributed by atoms with Gasteiger partial charge in [-0.25, -0.2) is 9.78 Å². The Morgan fingerprint density at radius 1 is 1.27 bits per heavy atom. The lowest BCUT2D eigenvalue weighted by Crippen LogP contribution is -2.39. The number of hydrogen-bond donors (Lipinski definition) is 2. The van der Waals surface area contributed by atoms with Gasteiger partial charge in [0.05, 0.1) is 34.6 Å². The molecule has 0 saturated carbocycles. The van der Waals surface area contributed by atoms with Gasteiger partial charge in [0.1, 0.15) is 30.8 Å². The molecule has 12 heteroatoms. The monoisotopic (exact) mass is 573 g/mol. The normalized spacial score (nSPS) is 15.8. The maximum atomic E-state index is 12.4. The van der Waals surface area contributed by atoms with Gasteiger partial charge in [0.25, 0.3) is 0 Å². The van der Waals surface area contributed by atoms with Crippen molar-refractivity contribution in [3.8, 4) is 34.3 Å². The molecule has 40 heavy (non-hydrogen) atoms. The third-order valence-corrected chi connectivity index (χ3v) is 7.05. The number of nitrogens with one attached hydrogen (secondary N) is 1. The average Bonchev–Trinajstić information content (AvgIpc) is 3.54. The summed E-state index contributed by atoms with van der Waals surface area (Å²) in [7, 11) is 1.76. The number of carbonyl (C=O) groups excluding carboxylic acids is 1. The number of aliphatic hydroxyl groups excluding tert-OH is 1. The van der Waals surface area contributed by atoms with Crippen molar-refractivity contribution < 1.29 is 28.6 Å². The second kappa shape index (κ2) is 13.3. The first-order chi connectivity index (χ1) is 19.2. The van der Waals surface area contributed by atoms with E-state index in [0.717, 1.165) is 18.4 Å². The molecule has 11 nitrogen and oxygen atoms in total. The van der Waals surface area contributed by atoms with Gasteiger partial charge >= 0.3 is 6.09 Å². The summed E-state index contributed by atoms with van der Waals surface area (Å²) in [6.07, 6.45) is 0.664. The van der Waals surface area contributed by atoms with Gasteiger partial charge in [0.2, 0.25) is 5.88 Å². The highest BCUT2D eigenvalue weighted by Crippen LogP contribution is 2.37. The minimum atomic E-state index is -0.671. The molecule has 2 aromatic heterocycles. The van der Waals surface area contributed by atoms with E-state index in [2.05, 4.69) is 10.5 Å². The number of amides is 1. The fraction of sp³-hybridized carbons (Fsp3) is 0.500. The Hall–Kier alpha value is -3.41. The van der Waals surface area contributed by atoms with Crippen LogP contribution in [0.2, 0.25) is 5.02 Å². The lowest BCUT2D eigenvalue weighted by Gasteiger charge is -2.24. The Bertz CT molecular complexity index is 1310. The van der Waals surface area contributed by atoms with Gasteiger partial charge in [-0.15, -0.1) is 0 Å². The van der Waals surface area contributed by atoms with Crippen LogP contribution in [0.3, 0.4) is 0 Å². The van der Waals surface area contributed by atoms with Gasteiger partial charge in [-0.3, -0.25) is 0 Å². The summed E-state index contributed by atoms with van der Waals surface area (Å²) >= 11 is 6.61. The smallest absolute Gasteiger partial charge is 0.410 e. The van der Waals surface area contributed by atoms with Crippen molar-refractivity contribution in [1.29, 1.82) is 0 Å². The summed E-state index contributed by atoms with van der Waals surface area (Å²) in [5, 5.41) is 17.5. The Labute approximate surface area is 238 Å². The Kier molecular flexibility index (Phi) is 9.83.